The number of unbranched alkanes of at least 4 members (excludes halogenated alkanes) is 2. The standard InChI is InChI=1S/C21H33NO2/c1-16(2)10-8-6-7-9-11-21(23)22-15-18-12-13-19(17(3)4)20(14-18)24-5/h8,10,12-14,16-17H,6-7,9,11,15H2,1-5H3,(H,22,23)/b10-8+. The monoisotopic (exact) mass is 331 g/mol. The molecule has 0 fully saturated rings. The second-order valence-corrected chi connectivity index (χ2v) is 6.93. The van der Waals surface area contributed by atoms with Crippen LogP contribution in [-0.2, 0) is 11.3 Å². The first-order valence-electron chi connectivity index (χ1n) is 9.04. The van der Waals surface area contributed by atoms with Crippen LogP contribution in [0.15, 0.2) is 30.4 Å². The van der Waals surface area contributed by atoms with Crippen molar-refractivity contribution < 1.29 is 9.53 Å². The van der Waals surface area contributed by atoms with Crippen molar-refractivity contribution in [1.82, 2.24) is 5.32 Å². The van der Waals surface area contributed by atoms with E-state index in [1.54, 1.807) is 7.11 Å². The molecule has 0 aliphatic rings. The van der Waals surface area contributed by atoms with E-state index >= 15 is 0 Å². The predicted molar refractivity (Wildman–Crippen MR) is 101 cm³/mol. The predicted octanol–water partition coefficient (Wildman–Crippen LogP) is 5.21. The number of allylic oxidation sites excluding steroid dienone is 2. The summed E-state index contributed by atoms with van der Waals surface area (Å²) in [6, 6.07) is 6.17. The Morgan fingerprint density at radius 1 is 1.21 bits per heavy atom. The van der Waals surface area contributed by atoms with Crippen molar-refractivity contribution >= 4 is 5.91 Å². The lowest BCUT2D eigenvalue weighted by atomic mass is 10.0. The normalized spacial score (nSPS) is 11.5. The van der Waals surface area contributed by atoms with Crippen LogP contribution < -0.4 is 10.1 Å². The van der Waals surface area contributed by atoms with Gasteiger partial charge in [0, 0.05) is 13.0 Å². The fraction of sp³-hybridized carbons (Fsp3) is 0.571. The van der Waals surface area contributed by atoms with Crippen molar-refractivity contribution in [3.05, 3.63) is 41.5 Å². The van der Waals surface area contributed by atoms with Crippen molar-refractivity contribution in [3.8, 4) is 5.75 Å². The molecule has 3 heteroatoms. The molecular weight excluding hydrogens is 298 g/mol. The van der Waals surface area contributed by atoms with E-state index in [2.05, 4.69) is 57.3 Å². The third-order valence-electron chi connectivity index (χ3n) is 3.96. The molecule has 1 amide bonds. The number of hydrogen-bond donors (Lipinski definition) is 1. The van der Waals surface area contributed by atoms with Crippen molar-refractivity contribution in [2.75, 3.05) is 7.11 Å². The lowest BCUT2D eigenvalue weighted by Gasteiger charge is -2.13. The van der Waals surface area contributed by atoms with E-state index in [1.165, 1.54) is 5.56 Å². The molecule has 0 spiro atoms. The van der Waals surface area contributed by atoms with Crippen molar-refractivity contribution in [3.63, 3.8) is 0 Å². The highest BCUT2D eigenvalue weighted by molar-refractivity contribution is 5.75. The van der Waals surface area contributed by atoms with E-state index < -0.39 is 0 Å². The zero-order valence-electron chi connectivity index (χ0n) is 15.9. The maximum atomic E-state index is 11.9. The first-order chi connectivity index (χ1) is 11.4. The quantitative estimate of drug-likeness (QED) is 0.472. The van der Waals surface area contributed by atoms with Crippen LogP contribution in [0.3, 0.4) is 0 Å². The smallest absolute Gasteiger partial charge is 0.220 e. The number of methoxy groups -OCH3 is 1. The van der Waals surface area contributed by atoms with Gasteiger partial charge in [0.2, 0.25) is 5.91 Å². The maximum absolute atomic E-state index is 11.9. The number of nitrogens with one attached hydrogen (secondary N) is 1. The summed E-state index contributed by atoms with van der Waals surface area (Å²) >= 11 is 0. The van der Waals surface area contributed by atoms with Crippen LogP contribution >= 0.6 is 0 Å². The van der Waals surface area contributed by atoms with Crippen molar-refractivity contribution in [2.45, 2.75) is 65.8 Å². The van der Waals surface area contributed by atoms with Gasteiger partial charge in [0.05, 0.1) is 7.11 Å². The second-order valence-electron chi connectivity index (χ2n) is 6.93. The molecule has 0 aliphatic carbocycles. The summed E-state index contributed by atoms with van der Waals surface area (Å²) in [6.07, 6.45) is 8.08. The van der Waals surface area contributed by atoms with Gasteiger partial charge in [-0.25, -0.2) is 0 Å². The Morgan fingerprint density at radius 2 is 1.96 bits per heavy atom. The van der Waals surface area contributed by atoms with Gasteiger partial charge >= 0.3 is 0 Å². The lowest BCUT2D eigenvalue weighted by molar-refractivity contribution is -0.121. The Bertz CT molecular complexity index is 533. The highest BCUT2D eigenvalue weighted by atomic mass is 16.5. The summed E-state index contributed by atoms with van der Waals surface area (Å²) < 4.78 is 5.45. The zero-order valence-corrected chi connectivity index (χ0v) is 15.9. The van der Waals surface area contributed by atoms with Crippen LogP contribution in [0.1, 0.15) is 70.4 Å². The molecule has 24 heavy (non-hydrogen) atoms. The molecule has 3 nitrogen and oxygen atoms in total. The number of ether oxygens (including phenoxy) is 1. The van der Waals surface area contributed by atoms with E-state index in [-0.39, 0.29) is 5.91 Å². The molecule has 1 rings (SSSR count). The summed E-state index contributed by atoms with van der Waals surface area (Å²) in [6.45, 7) is 9.20. The van der Waals surface area contributed by atoms with Crippen LogP contribution in [0.4, 0.5) is 0 Å². The highest BCUT2D eigenvalue weighted by Gasteiger charge is 2.08. The van der Waals surface area contributed by atoms with Crippen molar-refractivity contribution in [1.29, 1.82) is 0 Å². The molecule has 0 atom stereocenters. The molecule has 134 valence electrons. The van der Waals surface area contributed by atoms with Gasteiger partial charge in [0.1, 0.15) is 5.75 Å². The minimum Gasteiger partial charge on any atom is -0.496 e. The van der Waals surface area contributed by atoms with Crippen LogP contribution in [0, 0.1) is 5.92 Å². The Labute approximate surface area is 147 Å². The van der Waals surface area contributed by atoms with Crippen LogP contribution in [0.2, 0.25) is 0 Å². The van der Waals surface area contributed by atoms with Crippen LogP contribution in [-0.4, -0.2) is 13.0 Å². The van der Waals surface area contributed by atoms with E-state index in [4.69, 9.17) is 4.74 Å². The fourth-order valence-corrected chi connectivity index (χ4v) is 2.55. The lowest BCUT2D eigenvalue weighted by Crippen LogP contribution is -2.22. The van der Waals surface area contributed by atoms with Crippen molar-refractivity contribution in [2.24, 2.45) is 5.92 Å². The third kappa shape index (κ3) is 7.67. The van der Waals surface area contributed by atoms with E-state index in [9.17, 15) is 4.79 Å². The molecular formula is C21H33NO2. The summed E-state index contributed by atoms with van der Waals surface area (Å²) in [5.74, 6) is 2.05. The minimum atomic E-state index is 0.120. The fourth-order valence-electron chi connectivity index (χ4n) is 2.55. The number of carbonyl (C=O) groups is 1. The highest BCUT2D eigenvalue weighted by Crippen LogP contribution is 2.27. The first kappa shape index (κ1) is 20.3. The number of rotatable bonds is 10. The molecule has 1 aromatic rings. The van der Waals surface area contributed by atoms with Gasteiger partial charge in [-0.2, -0.15) is 0 Å². The Morgan fingerprint density at radius 3 is 2.58 bits per heavy atom. The number of carbonyl (C=O) groups excluding carboxylic acids is 1. The van der Waals surface area contributed by atoms with Crippen LogP contribution in [0.25, 0.3) is 0 Å². The summed E-state index contributed by atoms with van der Waals surface area (Å²) in [4.78, 5) is 11.9. The number of amides is 1. The SMILES string of the molecule is COc1cc(CNC(=O)CCCC/C=C/C(C)C)ccc1C(C)C. The molecule has 0 saturated carbocycles. The van der Waals surface area contributed by atoms with Crippen LogP contribution in [0.5, 0.6) is 5.75 Å². The van der Waals surface area contributed by atoms with E-state index in [0.29, 0.717) is 24.8 Å². The Kier molecular flexibility index (Phi) is 9.21. The van der Waals surface area contributed by atoms with Gasteiger partial charge in [0.15, 0.2) is 0 Å². The Hall–Kier alpha value is -1.77. The molecule has 0 heterocycles. The summed E-state index contributed by atoms with van der Waals surface area (Å²) in [5, 5.41) is 3.00. The number of hydrogen-bond acceptors (Lipinski definition) is 2. The van der Waals surface area contributed by atoms with Gasteiger partial charge in [0.25, 0.3) is 0 Å². The average molecular weight is 332 g/mol. The van der Waals surface area contributed by atoms with E-state index in [1.807, 2.05) is 6.07 Å². The van der Waals surface area contributed by atoms with Gasteiger partial charge in [-0.1, -0.05) is 52.0 Å². The summed E-state index contributed by atoms with van der Waals surface area (Å²) in [7, 11) is 1.69. The average Bonchev–Trinajstić information content (AvgIpc) is 2.55. The first-order valence-corrected chi connectivity index (χ1v) is 9.04. The molecule has 0 aromatic heterocycles. The third-order valence-corrected chi connectivity index (χ3v) is 3.96. The zero-order chi connectivity index (χ0) is 17.9. The molecule has 0 saturated heterocycles. The molecule has 0 bridgehead atoms. The molecule has 0 aliphatic heterocycles. The van der Waals surface area contributed by atoms with Gasteiger partial charge in [-0.05, 0) is 48.3 Å². The Balaban J connectivity index is 2.34. The second kappa shape index (κ2) is 10.9. The minimum absolute atomic E-state index is 0.120. The number of benzene rings is 1. The molecule has 0 unspecified atom stereocenters. The van der Waals surface area contributed by atoms with Gasteiger partial charge in [-0.15, -0.1) is 0 Å². The molecule has 0 radical (unpaired) electrons. The maximum Gasteiger partial charge on any atom is 0.220 e. The summed E-state index contributed by atoms with van der Waals surface area (Å²) in [5.41, 5.74) is 2.27. The van der Waals surface area contributed by atoms with Gasteiger partial charge in [-0.3, -0.25) is 4.79 Å². The van der Waals surface area contributed by atoms with E-state index in [0.717, 1.165) is 30.6 Å². The molecule has 1 aromatic carbocycles. The topological polar surface area (TPSA) is 38.3 Å². The molecule has 1 N–H and O–H groups in total. The van der Waals surface area contributed by atoms with Gasteiger partial charge < -0.3 is 10.1 Å². The largest absolute Gasteiger partial charge is 0.496 e.